The lowest BCUT2D eigenvalue weighted by molar-refractivity contribution is -0.141. The molecule has 3 atom stereocenters. The molecule has 1 aliphatic carbocycles. The molecular formula is C21H28N4O4. The Kier molecular flexibility index (Phi) is 6.85. The molecule has 8 nitrogen and oxygen atoms in total. The van der Waals surface area contributed by atoms with Gasteiger partial charge in [0, 0.05) is 19.0 Å². The predicted molar refractivity (Wildman–Crippen MR) is 108 cm³/mol. The van der Waals surface area contributed by atoms with Crippen LogP contribution in [0.25, 0.3) is 0 Å². The van der Waals surface area contributed by atoms with E-state index in [1.54, 1.807) is 18.9 Å². The number of carbonyl (C=O) groups is 3. The van der Waals surface area contributed by atoms with Gasteiger partial charge in [0.25, 0.3) is 5.91 Å². The van der Waals surface area contributed by atoms with Crippen LogP contribution in [-0.2, 0) is 14.3 Å². The summed E-state index contributed by atoms with van der Waals surface area (Å²) in [6.45, 7) is 1.66. The van der Waals surface area contributed by atoms with Crippen LogP contribution >= 0.6 is 0 Å². The van der Waals surface area contributed by atoms with Crippen molar-refractivity contribution in [2.45, 2.75) is 44.8 Å². The summed E-state index contributed by atoms with van der Waals surface area (Å²) in [5.74, 6) is -0.653. The number of aliphatic imine (C=N–C) groups is 1. The smallest absolute Gasteiger partial charge is 0.325 e. The zero-order chi connectivity index (χ0) is 20.8. The lowest BCUT2D eigenvalue weighted by atomic mass is 9.79. The maximum atomic E-state index is 13.0. The Morgan fingerprint density at radius 1 is 1.21 bits per heavy atom. The van der Waals surface area contributed by atoms with Crippen molar-refractivity contribution in [1.29, 1.82) is 0 Å². The molecule has 1 aliphatic heterocycles. The van der Waals surface area contributed by atoms with E-state index in [-0.39, 0.29) is 31.0 Å². The highest BCUT2D eigenvalue weighted by Gasteiger charge is 2.40. The van der Waals surface area contributed by atoms with Gasteiger partial charge in [-0.15, -0.1) is 0 Å². The molecule has 0 spiro atoms. The summed E-state index contributed by atoms with van der Waals surface area (Å²) in [6.07, 6.45) is 2.99. The van der Waals surface area contributed by atoms with Crippen LogP contribution in [-0.4, -0.2) is 60.9 Å². The normalized spacial score (nSPS) is 24.1. The maximum absolute atomic E-state index is 13.0. The Bertz CT molecular complexity index is 780. The van der Waals surface area contributed by atoms with Crippen LogP contribution in [0.1, 0.15) is 38.2 Å². The molecule has 1 saturated carbocycles. The Labute approximate surface area is 170 Å². The van der Waals surface area contributed by atoms with Gasteiger partial charge in [-0.1, -0.05) is 43.2 Å². The molecule has 2 aliphatic rings. The molecular weight excluding hydrogens is 372 g/mol. The summed E-state index contributed by atoms with van der Waals surface area (Å²) < 4.78 is 4.80. The van der Waals surface area contributed by atoms with Crippen LogP contribution in [0.4, 0.5) is 4.79 Å². The fraction of sp³-hybridized carbons (Fsp3) is 0.524. The highest BCUT2D eigenvalue weighted by molar-refractivity contribution is 6.05. The van der Waals surface area contributed by atoms with E-state index in [0.717, 1.165) is 37.0 Å². The molecule has 3 rings (SSSR count). The SMILES string of the molecule is CCOC(=O)CNC(=O)NC1N=C(c2ccccc2)C2CCCCC2N(C)C1=O. The number of carbonyl (C=O) groups excluding carboxylic acids is 3. The second kappa shape index (κ2) is 9.54. The number of fused-ring (bicyclic) bond motifs is 1. The third-order valence-electron chi connectivity index (χ3n) is 5.46. The molecule has 0 radical (unpaired) electrons. The molecule has 1 aromatic carbocycles. The van der Waals surface area contributed by atoms with Crippen molar-refractivity contribution in [3.05, 3.63) is 35.9 Å². The quantitative estimate of drug-likeness (QED) is 0.735. The van der Waals surface area contributed by atoms with E-state index in [0.29, 0.717) is 0 Å². The minimum Gasteiger partial charge on any atom is -0.465 e. The number of hydrogen-bond donors (Lipinski definition) is 2. The summed E-state index contributed by atoms with van der Waals surface area (Å²) in [5.41, 5.74) is 1.81. The fourth-order valence-corrected chi connectivity index (χ4v) is 4.07. The van der Waals surface area contributed by atoms with Gasteiger partial charge in [0.1, 0.15) is 6.54 Å². The zero-order valence-corrected chi connectivity index (χ0v) is 16.9. The minimum atomic E-state index is -1.04. The second-order valence-corrected chi connectivity index (χ2v) is 7.32. The number of amides is 3. The molecule has 1 aromatic rings. The number of likely N-dealkylation sites (N-methyl/N-ethyl adjacent to an activating group) is 1. The summed E-state index contributed by atoms with van der Waals surface area (Å²) >= 11 is 0. The van der Waals surface area contributed by atoms with Crippen molar-refractivity contribution in [3.8, 4) is 0 Å². The van der Waals surface area contributed by atoms with Gasteiger partial charge < -0.3 is 20.3 Å². The van der Waals surface area contributed by atoms with Crippen LogP contribution in [0.3, 0.4) is 0 Å². The van der Waals surface area contributed by atoms with Gasteiger partial charge in [-0.25, -0.2) is 4.79 Å². The summed E-state index contributed by atoms with van der Waals surface area (Å²) in [6, 6.07) is 9.22. The van der Waals surface area contributed by atoms with Gasteiger partial charge in [0.05, 0.1) is 12.3 Å². The van der Waals surface area contributed by atoms with Crippen molar-refractivity contribution >= 4 is 23.6 Å². The molecule has 2 N–H and O–H groups in total. The molecule has 156 valence electrons. The Morgan fingerprint density at radius 2 is 1.93 bits per heavy atom. The Balaban J connectivity index is 1.83. The number of rotatable bonds is 5. The molecule has 0 saturated heterocycles. The van der Waals surface area contributed by atoms with Gasteiger partial charge >= 0.3 is 12.0 Å². The lowest BCUT2D eigenvalue weighted by Gasteiger charge is -2.36. The van der Waals surface area contributed by atoms with E-state index < -0.39 is 18.2 Å². The molecule has 8 heteroatoms. The van der Waals surface area contributed by atoms with Crippen molar-refractivity contribution in [2.24, 2.45) is 10.9 Å². The van der Waals surface area contributed by atoms with Gasteiger partial charge in [0.15, 0.2) is 0 Å². The van der Waals surface area contributed by atoms with Crippen molar-refractivity contribution in [3.63, 3.8) is 0 Å². The third kappa shape index (κ3) is 4.93. The van der Waals surface area contributed by atoms with Crippen molar-refractivity contribution in [2.75, 3.05) is 20.2 Å². The fourth-order valence-electron chi connectivity index (χ4n) is 4.07. The van der Waals surface area contributed by atoms with Gasteiger partial charge in [0.2, 0.25) is 6.17 Å². The molecule has 29 heavy (non-hydrogen) atoms. The van der Waals surface area contributed by atoms with Crippen molar-refractivity contribution in [1.82, 2.24) is 15.5 Å². The molecule has 1 heterocycles. The number of hydrogen-bond acceptors (Lipinski definition) is 5. The van der Waals surface area contributed by atoms with Gasteiger partial charge in [-0.2, -0.15) is 0 Å². The summed E-state index contributed by atoms with van der Waals surface area (Å²) in [4.78, 5) is 43.2. The molecule has 1 fully saturated rings. The monoisotopic (exact) mass is 400 g/mol. The van der Waals surface area contributed by atoms with Crippen LogP contribution in [0.2, 0.25) is 0 Å². The first kappa shape index (κ1) is 20.8. The van der Waals surface area contributed by atoms with Gasteiger partial charge in [-0.3, -0.25) is 14.6 Å². The zero-order valence-electron chi connectivity index (χ0n) is 16.9. The third-order valence-corrected chi connectivity index (χ3v) is 5.46. The maximum Gasteiger partial charge on any atom is 0.325 e. The number of benzene rings is 1. The van der Waals surface area contributed by atoms with E-state index in [2.05, 4.69) is 10.6 Å². The van der Waals surface area contributed by atoms with E-state index in [9.17, 15) is 14.4 Å². The molecule has 0 bridgehead atoms. The van der Waals surface area contributed by atoms with Gasteiger partial charge in [-0.05, 0) is 25.3 Å². The summed E-state index contributed by atoms with van der Waals surface area (Å²) in [5, 5.41) is 5.03. The Hall–Kier alpha value is -2.90. The number of esters is 1. The van der Waals surface area contributed by atoms with E-state index in [1.165, 1.54) is 0 Å². The average molecular weight is 400 g/mol. The van der Waals surface area contributed by atoms with E-state index >= 15 is 0 Å². The molecule has 0 aromatic heterocycles. The van der Waals surface area contributed by atoms with Crippen LogP contribution in [0.5, 0.6) is 0 Å². The second-order valence-electron chi connectivity index (χ2n) is 7.32. The number of nitrogens with zero attached hydrogens (tertiary/aromatic N) is 2. The minimum absolute atomic E-state index is 0.0598. The average Bonchev–Trinajstić information content (AvgIpc) is 2.84. The highest BCUT2D eigenvalue weighted by Crippen LogP contribution is 2.33. The predicted octanol–water partition coefficient (Wildman–Crippen LogP) is 1.69. The van der Waals surface area contributed by atoms with Crippen LogP contribution in [0, 0.1) is 5.92 Å². The first-order valence-electron chi connectivity index (χ1n) is 10.1. The van der Waals surface area contributed by atoms with Crippen LogP contribution in [0.15, 0.2) is 35.3 Å². The highest BCUT2D eigenvalue weighted by atomic mass is 16.5. The van der Waals surface area contributed by atoms with Crippen molar-refractivity contribution < 1.29 is 19.1 Å². The lowest BCUT2D eigenvalue weighted by Crippen LogP contribution is -2.52. The van der Waals surface area contributed by atoms with E-state index in [1.807, 2.05) is 30.3 Å². The summed E-state index contributed by atoms with van der Waals surface area (Å²) in [7, 11) is 1.78. The number of nitrogens with one attached hydrogen (secondary N) is 2. The van der Waals surface area contributed by atoms with E-state index in [4.69, 9.17) is 9.73 Å². The standard InChI is InChI=1S/C21H28N4O4/c1-3-29-17(26)13-22-21(28)24-19-20(27)25(2)16-12-8-7-11-15(16)18(23-19)14-9-5-4-6-10-14/h4-6,9-10,15-16,19H,3,7-8,11-13H2,1-2H3,(H2,22,24,28). The Morgan fingerprint density at radius 3 is 2.66 bits per heavy atom. The number of ether oxygens (including phenoxy) is 1. The largest absolute Gasteiger partial charge is 0.465 e. The number of urea groups is 1. The first-order chi connectivity index (χ1) is 14.0. The van der Waals surface area contributed by atoms with Crippen LogP contribution < -0.4 is 10.6 Å². The molecule has 3 amide bonds. The molecule has 3 unspecified atom stereocenters. The topological polar surface area (TPSA) is 100 Å². The first-order valence-corrected chi connectivity index (χ1v) is 10.1.